The molecule has 1 fully saturated rings. The number of nitrogens with one attached hydrogen (secondary N) is 1. The molecule has 17 heteroatoms. The number of carbonyl (C=O) groups excluding carboxylic acids is 1. The van der Waals surface area contributed by atoms with Gasteiger partial charge in [0.05, 0.1) is 39.6 Å². The number of nitrogens with zero attached hydrogens (tertiary/aromatic N) is 3. The van der Waals surface area contributed by atoms with Crippen LogP contribution in [0.4, 0.5) is 23.2 Å². The minimum Gasteiger partial charge on any atom is -0.394 e. The molecule has 1 amide bonds. The van der Waals surface area contributed by atoms with Crippen molar-refractivity contribution in [2.45, 2.75) is 30.7 Å². The number of ether oxygens (including phenoxy) is 4. The van der Waals surface area contributed by atoms with Crippen LogP contribution in [0, 0.1) is 23.3 Å². The van der Waals surface area contributed by atoms with Crippen LogP contribution in [0.2, 0.25) is 0 Å². The van der Waals surface area contributed by atoms with Crippen molar-refractivity contribution in [2.24, 2.45) is 5.11 Å². The highest BCUT2D eigenvalue weighted by Crippen LogP contribution is 2.30. The van der Waals surface area contributed by atoms with Gasteiger partial charge in [-0.1, -0.05) is 5.11 Å². The number of carbonyl (C=O) groups is 1. The highest BCUT2D eigenvalue weighted by molar-refractivity contribution is 5.95. The normalized spacial score (nSPS) is 23.8. The molecule has 5 atom stereocenters. The minimum absolute atomic E-state index is 0.0106. The van der Waals surface area contributed by atoms with Crippen molar-refractivity contribution in [1.29, 1.82) is 0 Å². The van der Waals surface area contributed by atoms with E-state index in [0.29, 0.717) is 0 Å². The SMILES string of the molecule is [N-]=[N+]=Nc1c(F)c(F)c(C(=O)NCCOCCOCCO[C@H]2O[C@H](CO)[C@@H](O)[C@H](O)[C@@H]2O)c(F)c1F. The summed E-state index contributed by atoms with van der Waals surface area (Å²) in [6, 6.07) is 0. The van der Waals surface area contributed by atoms with E-state index in [9.17, 15) is 37.7 Å². The van der Waals surface area contributed by atoms with Crippen LogP contribution in [0.25, 0.3) is 10.4 Å². The van der Waals surface area contributed by atoms with Gasteiger partial charge < -0.3 is 44.7 Å². The second-order valence-corrected chi connectivity index (χ2v) is 7.22. The van der Waals surface area contributed by atoms with Crippen molar-refractivity contribution >= 4 is 11.6 Å². The smallest absolute Gasteiger partial charge is 0.257 e. The van der Waals surface area contributed by atoms with Crippen LogP contribution in [0.15, 0.2) is 5.11 Å². The van der Waals surface area contributed by atoms with Gasteiger partial charge in [-0.2, -0.15) is 0 Å². The Kier molecular flexibility index (Phi) is 11.7. The molecule has 1 aliphatic heterocycles. The summed E-state index contributed by atoms with van der Waals surface area (Å²) in [6.45, 7) is -1.03. The van der Waals surface area contributed by atoms with Crippen molar-refractivity contribution in [3.05, 3.63) is 39.3 Å². The van der Waals surface area contributed by atoms with Gasteiger partial charge in [0.25, 0.3) is 5.91 Å². The second kappa shape index (κ2) is 14.2. The maximum absolute atomic E-state index is 13.9. The molecule has 0 aromatic heterocycles. The molecule has 1 aromatic rings. The quantitative estimate of drug-likeness (QED) is 0.0573. The van der Waals surface area contributed by atoms with Crippen LogP contribution in [0.3, 0.4) is 0 Å². The van der Waals surface area contributed by atoms with E-state index in [1.54, 1.807) is 0 Å². The Morgan fingerprint density at radius 1 is 0.944 bits per heavy atom. The molecular weight excluding hydrogens is 504 g/mol. The lowest BCUT2D eigenvalue weighted by Gasteiger charge is -2.39. The zero-order valence-electron chi connectivity index (χ0n) is 18.5. The number of rotatable bonds is 13. The van der Waals surface area contributed by atoms with Gasteiger partial charge in [0, 0.05) is 11.5 Å². The maximum atomic E-state index is 13.9. The number of halogens is 4. The summed E-state index contributed by atoms with van der Waals surface area (Å²) in [6.07, 6.45) is -7.02. The van der Waals surface area contributed by atoms with Crippen molar-refractivity contribution in [1.82, 2.24) is 5.32 Å². The Bertz CT molecular complexity index is 923. The van der Waals surface area contributed by atoms with E-state index in [1.807, 2.05) is 5.32 Å². The molecule has 1 aliphatic rings. The second-order valence-electron chi connectivity index (χ2n) is 7.22. The van der Waals surface area contributed by atoms with Crippen molar-refractivity contribution in [3.63, 3.8) is 0 Å². The molecule has 202 valence electrons. The summed E-state index contributed by atoms with van der Waals surface area (Å²) in [7, 11) is 0. The largest absolute Gasteiger partial charge is 0.394 e. The van der Waals surface area contributed by atoms with Crippen LogP contribution in [0.1, 0.15) is 10.4 Å². The van der Waals surface area contributed by atoms with E-state index in [2.05, 4.69) is 10.0 Å². The average Bonchev–Trinajstić information content (AvgIpc) is 2.86. The zero-order chi connectivity index (χ0) is 26.8. The first-order valence-corrected chi connectivity index (χ1v) is 10.4. The fourth-order valence-corrected chi connectivity index (χ4v) is 3.03. The van der Waals surface area contributed by atoms with Gasteiger partial charge in [-0.25, -0.2) is 17.6 Å². The Hall–Kier alpha value is -2.60. The Labute approximate surface area is 200 Å². The molecule has 0 spiro atoms. The van der Waals surface area contributed by atoms with E-state index in [-0.39, 0.29) is 39.6 Å². The van der Waals surface area contributed by atoms with Crippen LogP contribution in [-0.2, 0) is 18.9 Å². The molecule has 1 saturated heterocycles. The van der Waals surface area contributed by atoms with E-state index >= 15 is 0 Å². The first kappa shape index (κ1) is 29.6. The summed E-state index contributed by atoms with van der Waals surface area (Å²) >= 11 is 0. The zero-order valence-corrected chi connectivity index (χ0v) is 18.5. The molecule has 0 radical (unpaired) electrons. The van der Waals surface area contributed by atoms with Gasteiger partial charge in [-0.3, -0.25) is 4.79 Å². The summed E-state index contributed by atoms with van der Waals surface area (Å²) in [5.41, 5.74) is 5.15. The Balaban J connectivity index is 1.64. The lowest BCUT2D eigenvalue weighted by Crippen LogP contribution is -2.59. The lowest BCUT2D eigenvalue weighted by molar-refractivity contribution is -0.302. The molecule has 5 N–H and O–H groups in total. The lowest BCUT2D eigenvalue weighted by atomic mass is 9.99. The first-order valence-electron chi connectivity index (χ1n) is 10.4. The number of azide groups is 1. The van der Waals surface area contributed by atoms with Gasteiger partial charge in [0.2, 0.25) is 0 Å². The summed E-state index contributed by atoms with van der Waals surface area (Å²) < 4.78 is 76.0. The Morgan fingerprint density at radius 2 is 1.53 bits per heavy atom. The number of benzene rings is 1. The van der Waals surface area contributed by atoms with Crippen molar-refractivity contribution in [2.75, 3.05) is 46.2 Å². The van der Waals surface area contributed by atoms with Gasteiger partial charge in [0.15, 0.2) is 29.6 Å². The third-order valence-corrected chi connectivity index (χ3v) is 4.87. The average molecular weight is 528 g/mol. The molecule has 13 nitrogen and oxygen atoms in total. The van der Waals surface area contributed by atoms with Gasteiger partial charge in [0.1, 0.15) is 35.7 Å². The molecular formula is C19H24F4N4O9. The first-order chi connectivity index (χ1) is 17.1. The molecule has 36 heavy (non-hydrogen) atoms. The fraction of sp³-hybridized carbons (Fsp3) is 0.632. The Morgan fingerprint density at radius 3 is 2.11 bits per heavy atom. The number of aliphatic hydroxyl groups is 4. The molecule has 1 aromatic carbocycles. The highest BCUT2D eigenvalue weighted by atomic mass is 19.2. The van der Waals surface area contributed by atoms with Crippen LogP contribution >= 0.6 is 0 Å². The van der Waals surface area contributed by atoms with Gasteiger partial charge in [-0.15, -0.1) is 0 Å². The third kappa shape index (κ3) is 7.22. The standard InChI is InChI=1S/C19H24F4N4O9/c20-10-9(11(21)13(23)14(12(10)22)26-27-24)18(32)25-1-2-33-3-4-34-5-6-35-19-17(31)16(30)15(29)8(7-28)36-19/h8,15-17,19,28-31H,1-7H2,(H,25,32)/t8-,15-,16+,17+,19+/m1/s1. The monoisotopic (exact) mass is 528 g/mol. The van der Waals surface area contributed by atoms with E-state index in [4.69, 9.17) is 29.6 Å². The summed E-state index contributed by atoms with van der Waals surface area (Å²) in [5.74, 6) is -9.52. The maximum Gasteiger partial charge on any atom is 0.257 e. The molecule has 2 rings (SSSR count). The van der Waals surface area contributed by atoms with Crippen LogP contribution < -0.4 is 5.32 Å². The van der Waals surface area contributed by atoms with E-state index in [1.165, 1.54) is 0 Å². The molecule has 0 unspecified atom stereocenters. The molecule has 0 bridgehead atoms. The van der Waals surface area contributed by atoms with Crippen LogP contribution in [0.5, 0.6) is 0 Å². The highest BCUT2D eigenvalue weighted by Gasteiger charge is 2.43. The topological polar surface area (TPSA) is 196 Å². The predicted octanol–water partition coefficient (Wildman–Crippen LogP) is -0.236. The van der Waals surface area contributed by atoms with E-state index < -0.39 is 77.7 Å². The van der Waals surface area contributed by atoms with E-state index in [0.717, 1.165) is 0 Å². The number of amides is 1. The van der Waals surface area contributed by atoms with Crippen molar-refractivity contribution in [3.8, 4) is 0 Å². The number of hydrogen-bond donors (Lipinski definition) is 5. The number of hydrogen-bond acceptors (Lipinski definition) is 10. The summed E-state index contributed by atoms with van der Waals surface area (Å²) in [4.78, 5) is 14.0. The molecule has 1 heterocycles. The van der Waals surface area contributed by atoms with Gasteiger partial charge >= 0.3 is 0 Å². The van der Waals surface area contributed by atoms with Crippen LogP contribution in [-0.4, -0.2) is 103 Å². The predicted molar refractivity (Wildman–Crippen MR) is 109 cm³/mol. The fourth-order valence-electron chi connectivity index (χ4n) is 3.03. The van der Waals surface area contributed by atoms with Crippen molar-refractivity contribution < 1.29 is 61.7 Å². The minimum atomic E-state index is -2.02. The molecule has 0 saturated carbocycles. The third-order valence-electron chi connectivity index (χ3n) is 4.87. The molecule has 0 aliphatic carbocycles. The van der Waals surface area contributed by atoms with Gasteiger partial charge in [-0.05, 0) is 5.53 Å². The summed E-state index contributed by atoms with van der Waals surface area (Å²) in [5, 5.41) is 42.8. The number of aliphatic hydroxyl groups excluding tert-OH is 4.